The van der Waals surface area contributed by atoms with E-state index >= 15 is 0 Å². The molecule has 110 heavy (non-hydrogen) atoms. The molecule has 0 N–H and O–H groups in total. The number of para-hydroxylation sites is 7. The van der Waals surface area contributed by atoms with Crippen molar-refractivity contribution in [3.8, 4) is 11.1 Å². The summed E-state index contributed by atoms with van der Waals surface area (Å²) in [7, 11) is 0. The maximum atomic E-state index is 10.4. The van der Waals surface area contributed by atoms with Crippen LogP contribution in [0.25, 0.3) is 196 Å². The molecule has 2 aliphatic rings. The lowest BCUT2D eigenvalue weighted by Gasteiger charge is -2.45. The van der Waals surface area contributed by atoms with Crippen molar-refractivity contribution in [3.63, 3.8) is 0 Å². The molecule has 2 aliphatic heterocycles. The summed E-state index contributed by atoms with van der Waals surface area (Å²) in [4.78, 5) is 4.61. The number of aromatic nitrogens is 2. The molecule has 8 heteroatoms. The lowest BCUT2D eigenvalue weighted by Crippen LogP contribution is -2.61. The molecule has 0 saturated carbocycles. The van der Waals surface area contributed by atoms with Gasteiger partial charge in [-0.05, 0) is 162 Å². The standard InChI is InChI=1S/C102H57BN4O3/c1-5-27-64-60(23-1)62-25-3-7-29-66(62)77-54-80-88(56-86(77)106-82-40-14-9-31-68(82)73-38-19-36-71(64)101(73)106)104(84-42-21-47-96-98(84)75-34-12-17-45-93(75)109-96)90-52-59(58-49-50-95-79(51-58)70-33-11-16-44-92(70)108-95)53-91-100(90)103(80)81-55-78-67-30-8-4-26-63(67)61-24-2-6-28-65(61)72-37-20-39-74-69-32-10-15-41-83(69)107(102(72)74)87(78)57-89(81)105(91)85-43-22-48-97-99(85)76-35-13-18-46-94(76)110-97/h1-57H/i9D,10D,14D,15D,19D,20D,31D,32D,36D,37D,38D,39D,40D,41D. The first-order valence-electron chi connectivity index (χ1n) is 43.8. The SMILES string of the molecule is [2H]c1c([2H])c([2H])c2c(c1[2H])c1c([2H])c([2H])c([2H])c3c4ccccc4c4ccccc4c4cc5c(cc4n2c31)N(c1cccc2oc3ccccc3c12)c1cc(-c2ccc3oc4ccccc4c3c2)cc2c1B5c1cc3c4ccccc4c4ccccc4c4c([2H])c([2H])c([2H])c5c6c([2H])c([2H])c([2H])c([2H])c6n(c3cc1N2c1cccc2oc3ccccc3c12)c45. The van der Waals surface area contributed by atoms with Gasteiger partial charge >= 0.3 is 0 Å². The van der Waals surface area contributed by atoms with Gasteiger partial charge in [0.05, 0.1) is 74.4 Å². The van der Waals surface area contributed by atoms with Crippen LogP contribution in [-0.4, -0.2) is 15.5 Å². The maximum absolute atomic E-state index is 10.4. The third-order valence-electron chi connectivity index (χ3n) is 23.6. The zero-order chi connectivity index (χ0) is 83.5. The number of fused-ring (bicyclic) bond motifs is 33. The van der Waals surface area contributed by atoms with Crippen LogP contribution in [0.3, 0.4) is 0 Å². The summed E-state index contributed by atoms with van der Waals surface area (Å²) in [6.07, 6.45) is 0. The summed E-state index contributed by atoms with van der Waals surface area (Å²) in [6, 6.07) is 81.2. The fraction of sp³-hybridized carbons (Fsp3) is 0. The van der Waals surface area contributed by atoms with Crippen LogP contribution < -0.4 is 26.2 Å². The highest BCUT2D eigenvalue weighted by atomic mass is 16.3. The topological polar surface area (TPSA) is 54.7 Å². The highest BCUT2D eigenvalue weighted by Gasteiger charge is 2.46. The Balaban J connectivity index is 0.955. The van der Waals surface area contributed by atoms with E-state index in [1.807, 2.05) is 179 Å². The second-order valence-corrected chi connectivity index (χ2v) is 28.9. The van der Waals surface area contributed by atoms with Gasteiger partial charge in [-0.15, -0.1) is 0 Å². The van der Waals surface area contributed by atoms with Gasteiger partial charge in [0.1, 0.15) is 33.5 Å². The van der Waals surface area contributed by atoms with Crippen LogP contribution >= 0.6 is 0 Å². The van der Waals surface area contributed by atoms with E-state index < -0.39 is 67.1 Å². The third kappa shape index (κ3) is 7.72. The van der Waals surface area contributed by atoms with E-state index in [1.54, 1.807) is 0 Å². The molecule has 0 bridgehead atoms. The Labute approximate surface area is 646 Å². The number of hydrogen-bond acceptors (Lipinski definition) is 5. The minimum atomic E-state index is -0.861. The lowest BCUT2D eigenvalue weighted by molar-refractivity contribution is 0.668. The Hall–Kier alpha value is -14.6. The van der Waals surface area contributed by atoms with Crippen molar-refractivity contribution in [1.29, 1.82) is 0 Å². The fourth-order valence-corrected chi connectivity index (χ4v) is 19.1. The molecule has 0 aliphatic carbocycles. The van der Waals surface area contributed by atoms with Crippen molar-refractivity contribution < 1.29 is 32.4 Å². The van der Waals surface area contributed by atoms with Crippen molar-refractivity contribution in [3.05, 3.63) is 345 Å². The molecule has 0 spiro atoms. The normalized spacial score (nSPS) is 14.8. The molecule has 0 amide bonds. The second kappa shape index (κ2) is 21.6. The van der Waals surface area contributed by atoms with Crippen LogP contribution in [0.1, 0.15) is 19.2 Å². The van der Waals surface area contributed by atoms with E-state index in [9.17, 15) is 19.2 Å². The smallest absolute Gasteiger partial charge is 0.252 e. The summed E-state index contributed by atoms with van der Waals surface area (Å²) >= 11 is 0. The summed E-state index contributed by atoms with van der Waals surface area (Å²) in [5, 5.41) is 12.3. The molecule has 0 radical (unpaired) electrons. The van der Waals surface area contributed by atoms with Crippen molar-refractivity contribution in [1.82, 2.24) is 8.80 Å². The highest BCUT2D eigenvalue weighted by molar-refractivity contribution is 7.00. The predicted molar refractivity (Wildman–Crippen MR) is 462 cm³/mol. The van der Waals surface area contributed by atoms with Crippen LogP contribution in [0.15, 0.2) is 359 Å². The van der Waals surface area contributed by atoms with Crippen LogP contribution in [0.4, 0.5) is 34.1 Å². The lowest BCUT2D eigenvalue weighted by atomic mass is 9.33. The van der Waals surface area contributed by atoms with Gasteiger partial charge in [-0.25, -0.2) is 0 Å². The molecule has 0 fully saturated rings. The van der Waals surface area contributed by atoms with Crippen molar-refractivity contribution >= 4 is 242 Å². The van der Waals surface area contributed by atoms with Crippen LogP contribution in [0, 0.1) is 0 Å². The van der Waals surface area contributed by atoms with E-state index in [0.717, 1.165) is 70.6 Å². The van der Waals surface area contributed by atoms with Crippen molar-refractivity contribution in [2.75, 3.05) is 9.80 Å². The average Bonchev–Trinajstić information content (AvgIpc) is 1.12. The molecule has 9 heterocycles. The van der Waals surface area contributed by atoms with Crippen molar-refractivity contribution in [2.24, 2.45) is 0 Å². The second-order valence-electron chi connectivity index (χ2n) is 28.9. The number of benzene rings is 17. The molecular weight excluding hydrogens is 1340 g/mol. The number of furan rings is 3. The Bertz CT molecular complexity index is 8860. The van der Waals surface area contributed by atoms with Crippen molar-refractivity contribution in [2.45, 2.75) is 0 Å². The number of rotatable bonds is 3. The molecule has 0 unspecified atom stereocenters. The molecule has 24 aromatic rings. The average molecular weight is 1410 g/mol. The Morgan fingerprint density at radius 2 is 0.582 bits per heavy atom. The van der Waals surface area contributed by atoms with Gasteiger partial charge in [0.2, 0.25) is 0 Å². The minimum absolute atomic E-state index is 0.0186. The first-order chi connectivity index (χ1) is 60.4. The first kappa shape index (κ1) is 47.1. The summed E-state index contributed by atoms with van der Waals surface area (Å²) in [5.74, 6) is 0. The number of nitrogens with zero attached hydrogens (tertiary/aromatic N) is 4. The van der Waals surface area contributed by atoms with E-state index in [0.29, 0.717) is 122 Å². The Morgan fingerprint density at radius 3 is 1.05 bits per heavy atom. The summed E-state index contributed by atoms with van der Waals surface area (Å²) in [6.45, 7) is -0.861. The third-order valence-corrected chi connectivity index (χ3v) is 23.6. The minimum Gasteiger partial charge on any atom is -0.456 e. The van der Waals surface area contributed by atoms with Crippen LogP contribution in [0.5, 0.6) is 0 Å². The molecule has 26 rings (SSSR count). The molecule has 17 aromatic carbocycles. The zero-order valence-corrected chi connectivity index (χ0v) is 57.9. The Kier molecular flexibility index (Phi) is 9.23. The van der Waals surface area contributed by atoms with Gasteiger partial charge in [-0.2, -0.15) is 0 Å². The maximum Gasteiger partial charge on any atom is 0.252 e. The molecule has 0 atom stereocenters. The monoisotopic (exact) mass is 1410 g/mol. The highest BCUT2D eigenvalue weighted by Crippen LogP contribution is 2.54. The van der Waals surface area contributed by atoms with Gasteiger partial charge in [0, 0.05) is 87.4 Å². The Morgan fingerprint density at radius 1 is 0.227 bits per heavy atom. The van der Waals surface area contributed by atoms with E-state index in [4.69, 9.17) is 13.3 Å². The fourth-order valence-electron chi connectivity index (χ4n) is 19.1. The molecule has 7 nitrogen and oxygen atoms in total. The van der Waals surface area contributed by atoms with Crippen LogP contribution in [0.2, 0.25) is 0 Å². The molecule has 0 saturated heterocycles. The largest absolute Gasteiger partial charge is 0.456 e. The van der Waals surface area contributed by atoms with E-state index in [2.05, 4.69) is 101 Å². The molecule has 7 aromatic heterocycles. The van der Waals surface area contributed by atoms with E-state index in [1.165, 1.54) is 0 Å². The zero-order valence-electron chi connectivity index (χ0n) is 71.9. The summed E-state index contributed by atoms with van der Waals surface area (Å²) in [5.41, 5.74) is 13.2. The molecule has 506 valence electrons. The molecular formula is C102H57BN4O3. The summed E-state index contributed by atoms with van der Waals surface area (Å²) < 4.78 is 164. The first-order valence-corrected chi connectivity index (χ1v) is 36.8. The van der Waals surface area contributed by atoms with Gasteiger partial charge < -0.3 is 31.9 Å². The van der Waals surface area contributed by atoms with Crippen LogP contribution in [-0.2, 0) is 0 Å². The predicted octanol–water partition coefficient (Wildman–Crippen LogP) is 26.3. The van der Waals surface area contributed by atoms with Gasteiger partial charge in [0.25, 0.3) is 6.71 Å². The van der Waals surface area contributed by atoms with E-state index in [-0.39, 0.29) is 78.6 Å². The number of hydrogen-bond donors (Lipinski definition) is 0. The number of anilines is 6. The van der Waals surface area contributed by atoms with Gasteiger partial charge in [0.15, 0.2) is 0 Å². The van der Waals surface area contributed by atoms with Gasteiger partial charge in [-0.1, -0.05) is 255 Å². The van der Waals surface area contributed by atoms with Gasteiger partial charge in [-0.3, -0.25) is 0 Å². The quantitative estimate of drug-likeness (QED) is 0.165.